The Balaban J connectivity index is 1.81. The van der Waals surface area contributed by atoms with Crippen LogP contribution in [0.2, 0.25) is 0 Å². The molecule has 0 aliphatic heterocycles. The van der Waals surface area contributed by atoms with E-state index in [0.29, 0.717) is 0 Å². The topological polar surface area (TPSA) is 0 Å². The summed E-state index contributed by atoms with van der Waals surface area (Å²) in [6.07, 6.45) is 3.71. The first-order chi connectivity index (χ1) is 12.3. The van der Waals surface area contributed by atoms with Crippen LogP contribution in [0.3, 0.4) is 0 Å². The Hall–Kier alpha value is -2.38. The zero-order chi connectivity index (χ0) is 16.8. The summed E-state index contributed by atoms with van der Waals surface area (Å²) in [5.41, 5.74) is 1.47. The summed E-state index contributed by atoms with van der Waals surface area (Å²) in [6, 6.07) is 24.9. The van der Waals surface area contributed by atoms with Crippen molar-refractivity contribution < 1.29 is 0 Å². The number of hydrogen-bond donors (Lipinski definition) is 0. The largest absolute Gasteiger partial charge is 0.135 e. The monoisotopic (exact) mass is 340 g/mol. The van der Waals surface area contributed by atoms with Gasteiger partial charge in [0.15, 0.2) is 0 Å². The summed E-state index contributed by atoms with van der Waals surface area (Å²) in [4.78, 5) is 0. The van der Waals surface area contributed by atoms with Crippen LogP contribution < -0.4 is 0 Å². The molecule has 0 amide bonds. The highest BCUT2D eigenvalue weighted by Crippen LogP contribution is 2.40. The second-order valence-corrected chi connectivity index (χ2v) is 7.91. The maximum absolute atomic E-state index is 2.41. The molecule has 1 heterocycles. The van der Waals surface area contributed by atoms with Crippen molar-refractivity contribution in [2.45, 2.75) is 26.2 Å². The Labute approximate surface area is 151 Å². The lowest BCUT2D eigenvalue weighted by atomic mass is 9.99. The molecule has 5 rings (SSSR count). The normalized spacial score (nSPS) is 11.9. The Kier molecular flexibility index (Phi) is 3.50. The second-order valence-electron chi connectivity index (χ2n) is 6.86. The van der Waals surface area contributed by atoms with E-state index in [1.807, 2.05) is 11.3 Å². The molecule has 5 aromatic rings. The minimum atomic E-state index is 1.19. The van der Waals surface area contributed by atoms with Gasteiger partial charge in [-0.05, 0) is 40.6 Å². The summed E-state index contributed by atoms with van der Waals surface area (Å²) in [5.74, 6) is 0. The van der Waals surface area contributed by atoms with Crippen LogP contribution in [0.25, 0.3) is 41.7 Å². The average molecular weight is 340 g/mol. The third-order valence-corrected chi connectivity index (χ3v) is 6.45. The maximum Gasteiger partial charge on any atom is 0.0434 e. The molecule has 1 heteroatoms. The highest BCUT2D eigenvalue weighted by Gasteiger charge is 2.10. The molecule has 0 radical (unpaired) electrons. The SMILES string of the molecule is CCCCc1ccc2c(c1)sc1c2ccc2c3ccccc3ccc21. The summed E-state index contributed by atoms with van der Waals surface area (Å²) in [5, 5.41) is 8.20. The molecule has 0 unspecified atom stereocenters. The summed E-state index contributed by atoms with van der Waals surface area (Å²) in [6.45, 7) is 2.26. The fraction of sp³-hybridized carbons (Fsp3) is 0.167. The van der Waals surface area contributed by atoms with Crippen molar-refractivity contribution in [1.82, 2.24) is 0 Å². The number of benzene rings is 4. The molecule has 122 valence electrons. The molecular formula is C24H20S. The van der Waals surface area contributed by atoms with Crippen LogP contribution in [-0.4, -0.2) is 0 Å². The number of fused-ring (bicyclic) bond motifs is 7. The maximum atomic E-state index is 2.41. The highest BCUT2D eigenvalue weighted by molar-refractivity contribution is 7.26. The number of unbranched alkanes of at least 4 members (excludes halogenated alkanes) is 1. The van der Waals surface area contributed by atoms with Crippen LogP contribution in [0.4, 0.5) is 0 Å². The molecular weight excluding hydrogens is 320 g/mol. The first-order valence-electron chi connectivity index (χ1n) is 9.11. The zero-order valence-electron chi connectivity index (χ0n) is 14.4. The molecule has 1 aromatic heterocycles. The van der Waals surface area contributed by atoms with E-state index in [4.69, 9.17) is 0 Å². The average Bonchev–Trinajstić information content (AvgIpc) is 3.04. The van der Waals surface area contributed by atoms with Crippen LogP contribution in [0.5, 0.6) is 0 Å². The van der Waals surface area contributed by atoms with Gasteiger partial charge in [0.05, 0.1) is 0 Å². The van der Waals surface area contributed by atoms with Crippen molar-refractivity contribution in [3.05, 3.63) is 72.3 Å². The standard InChI is InChI=1S/C24H20S/c1-2-3-6-16-9-11-20-22-14-13-19-18-8-5-4-7-17(18)10-12-21(19)24(22)25-23(20)15-16/h4-5,7-15H,2-3,6H2,1H3. The van der Waals surface area contributed by atoms with E-state index in [-0.39, 0.29) is 0 Å². The summed E-state index contributed by atoms with van der Waals surface area (Å²) in [7, 11) is 0. The fourth-order valence-corrected chi connectivity index (χ4v) is 5.20. The van der Waals surface area contributed by atoms with Gasteiger partial charge in [0.1, 0.15) is 0 Å². The van der Waals surface area contributed by atoms with Gasteiger partial charge in [0.2, 0.25) is 0 Å². The molecule has 0 atom stereocenters. The second kappa shape index (κ2) is 5.86. The lowest BCUT2D eigenvalue weighted by molar-refractivity contribution is 0.796. The van der Waals surface area contributed by atoms with Gasteiger partial charge in [-0.15, -0.1) is 11.3 Å². The molecule has 0 saturated heterocycles. The van der Waals surface area contributed by atoms with Crippen LogP contribution in [0.15, 0.2) is 66.7 Å². The molecule has 4 aromatic carbocycles. The van der Waals surface area contributed by atoms with E-state index < -0.39 is 0 Å². The third-order valence-electron chi connectivity index (χ3n) is 5.24. The van der Waals surface area contributed by atoms with Crippen molar-refractivity contribution in [3.63, 3.8) is 0 Å². The number of thiophene rings is 1. The number of hydrogen-bond acceptors (Lipinski definition) is 1. The molecule has 0 bridgehead atoms. The molecule has 0 spiro atoms. The van der Waals surface area contributed by atoms with E-state index >= 15 is 0 Å². The van der Waals surface area contributed by atoms with Gasteiger partial charge in [0, 0.05) is 25.6 Å². The minimum Gasteiger partial charge on any atom is -0.135 e. The molecule has 0 N–H and O–H groups in total. The predicted octanol–water partition coefficient (Wildman–Crippen LogP) is 7.70. The molecule has 25 heavy (non-hydrogen) atoms. The van der Waals surface area contributed by atoms with E-state index in [9.17, 15) is 0 Å². The molecule has 0 aliphatic carbocycles. The first kappa shape index (κ1) is 14.9. The van der Waals surface area contributed by atoms with Crippen molar-refractivity contribution in [2.24, 2.45) is 0 Å². The van der Waals surface area contributed by atoms with E-state index in [0.717, 1.165) is 0 Å². The quantitative estimate of drug-likeness (QED) is 0.295. The van der Waals surface area contributed by atoms with Gasteiger partial charge in [-0.1, -0.05) is 74.0 Å². The van der Waals surface area contributed by atoms with Gasteiger partial charge in [-0.2, -0.15) is 0 Å². The van der Waals surface area contributed by atoms with Crippen molar-refractivity contribution in [1.29, 1.82) is 0 Å². The fourth-order valence-electron chi connectivity index (χ4n) is 3.90. The van der Waals surface area contributed by atoms with Crippen molar-refractivity contribution in [3.8, 4) is 0 Å². The van der Waals surface area contributed by atoms with Crippen molar-refractivity contribution >= 4 is 53.1 Å². The van der Waals surface area contributed by atoms with Crippen LogP contribution >= 0.6 is 11.3 Å². The van der Waals surface area contributed by atoms with Gasteiger partial charge >= 0.3 is 0 Å². The minimum absolute atomic E-state index is 1.19. The van der Waals surface area contributed by atoms with Crippen LogP contribution in [0, 0.1) is 0 Å². The van der Waals surface area contributed by atoms with Gasteiger partial charge < -0.3 is 0 Å². The molecule has 0 aliphatic rings. The van der Waals surface area contributed by atoms with Crippen LogP contribution in [0.1, 0.15) is 25.3 Å². The third kappa shape index (κ3) is 2.34. The number of rotatable bonds is 3. The summed E-state index contributed by atoms with van der Waals surface area (Å²) >= 11 is 1.95. The van der Waals surface area contributed by atoms with Gasteiger partial charge in [0.25, 0.3) is 0 Å². The molecule has 0 nitrogen and oxygen atoms in total. The summed E-state index contributed by atoms with van der Waals surface area (Å²) < 4.78 is 2.84. The Morgan fingerprint density at radius 2 is 1.48 bits per heavy atom. The first-order valence-corrected chi connectivity index (χ1v) is 9.92. The van der Waals surface area contributed by atoms with Crippen LogP contribution in [-0.2, 0) is 6.42 Å². The molecule has 0 saturated carbocycles. The smallest absolute Gasteiger partial charge is 0.0434 e. The Morgan fingerprint density at radius 3 is 2.40 bits per heavy atom. The van der Waals surface area contributed by atoms with E-state index in [1.54, 1.807) is 0 Å². The van der Waals surface area contributed by atoms with Gasteiger partial charge in [-0.3, -0.25) is 0 Å². The molecule has 0 fully saturated rings. The Bertz CT molecular complexity index is 1230. The highest BCUT2D eigenvalue weighted by atomic mass is 32.1. The van der Waals surface area contributed by atoms with E-state index in [1.165, 1.54) is 66.5 Å². The lowest BCUT2D eigenvalue weighted by Crippen LogP contribution is -1.83. The van der Waals surface area contributed by atoms with E-state index in [2.05, 4.69) is 73.7 Å². The Morgan fingerprint density at radius 1 is 0.720 bits per heavy atom. The van der Waals surface area contributed by atoms with Gasteiger partial charge in [-0.25, -0.2) is 0 Å². The van der Waals surface area contributed by atoms with Crippen molar-refractivity contribution in [2.75, 3.05) is 0 Å². The number of aryl methyl sites for hydroxylation is 1. The lowest BCUT2D eigenvalue weighted by Gasteiger charge is -2.04. The zero-order valence-corrected chi connectivity index (χ0v) is 15.2. The predicted molar refractivity (Wildman–Crippen MR) is 113 cm³/mol.